The summed E-state index contributed by atoms with van der Waals surface area (Å²) in [4.78, 5) is 45.0. The van der Waals surface area contributed by atoms with Crippen molar-refractivity contribution in [1.82, 2.24) is 15.2 Å². The van der Waals surface area contributed by atoms with Gasteiger partial charge in [-0.15, -0.1) is 22.7 Å². The van der Waals surface area contributed by atoms with Gasteiger partial charge in [-0.25, -0.2) is 14.2 Å². The number of hydrogen-bond acceptors (Lipinski definition) is 6. The molecule has 1 atom stereocenters. The van der Waals surface area contributed by atoms with Gasteiger partial charge in [0.05, 0.1) is 10.6 Å². The van der Waals surface area contributed by atoms with Crippen LogP contribution in [-0.4, -0.2) is 34.3 Å². The number of thiophene rings is 1. The maximum absolute atomic E-state index is 13.2. The summed E-state index contributed by atoms with van der Waals surface area (Å²) in [6.07, 6.45) is 0. The predicted octanol–water partition coefficient (Wildman–Crippen LogP) is 3.72. The number of thiazole rings is 1. The van der Waals surface area contributed by atoms with Gasteiger partial charge in [0.15, 0.2) is 5.13 Å². The maximum Gasteiger partial charge on any atom is 0.325 e. The van der Waals surface area contributed by atoms with Gasteiger partial charge in [0, 0.05) is 10.3 Å². The minimum absolute atomic E-state index is 0.384. The molecular weight excluding hydrogens is 427 g/mol. The quantitative estimate of drug-likeness (QED) is 0.587. The third kappa shape index (κ3) is 3.71. The second-order valence-corrected chi connectivity index (χ2v) is 9.10. The van der Waals surface area contributed by atoms with Gasteiger partial charge in [-0.2, -0.15) is 0 Å². The Morgan fingerprint density at radius 3 is 2.63 bits per heavy atom. The van der Waals surface area contributed by atoms with E-state index in [2.05, 4.69) is 15.6 Å². The lowest BCUT2D eigenvalue weighted by molar-refractivity contribution is -0.133. The van der Waals surface area contributed by atoms with Crippen LogP contribution in [-0.2, 0) is 15.1 Å². The zero-order valence-electron chi connectivity index (χ0n) is 16.1. The van der Waals surface area contributed by atoms with E-state index in [4.69, 9.17) is 0 Å². The van der Waals surface area contributed by atoms with Gasteiger partial charge in [0.1, 0.15) is 17.9 Å². The molecule has 4 amide bonds. The number of amides is 4. The van der Waals surface area contributed by atoms with Gasteiger partial charge in [0.25, 0.3) is 5.91 Å². The monoisotopic (exact) mass is 444 g/mol. The summed E-state index contributed by atoms with van der Waals surface area (Å²) < 4.78 is 13.2. The Balaban J connectivity index is 1.44. The molecule has 1 unspecified atom stereocenters. The highest BCUT2D eigenvalue weighted by molar-refractivity contribution is 7.17. The number of carbonyl (C=O) groups is 3. The molecule has 0 spiro atoms. The third-order valence-corrected chi connectivity index (χ3v) is 6.52. The first kappa shape index (κ1) is 20.2. The van der Waals surface area contributed by atoms with Crippen molar-refractivity contribution in [2.24, 2.45) is 0 Å². The van der Waals surface area contributed by atoms with Crippen LogP contribution in [0.2, 0.25) is 0 Å². The molecule has 154 valence electrons. The lowest BCUT2D eigenvalue weighted by atomic mass is 9.92. The zero-order valence-corrected chi connectivity index (χ0v) is 17.7. The molecule has 30 heavy (non-hydrogen) atoms. The summed E-state index contributed by atoms with van der Waals surface area (Å²) >= 11 is 2.86. The summed E-state index contributed by atoms with van der Waals surface area (Å²) in [6, 6.07) is 8.56. The van der Waals surface area contributed by atoms with Crippen molar-refractivity contribution in [2.75, 3.05) is 11.9 Å². The fourth-order valence-electron chi connectivity index (χ4n) is 3.14. The molecule has 4 rings (SSSR count). The molecule has 0 radical (unpaired) electrons. The van der Waals surface area contributed by atoms with Crippen molar-refractivity contribution in [2.45, 2.75) is 19.4 Å². The van der Waals surface area contributed by atoms with Crippen molar-refractivity contribution in [3.8, 4) is 10.6 Å². The number of nitrogens with one attached hydrogen (secondary N) is 2. The normalized spacial score (nSPS) is 18.6. The van der Waals surface area contributed by atoms with E-state index >= 15 is 0 Å². The van der Waals surface area contributed by atoms with E-state index in [0.717, 1.165) is 20.3 Å². The van der Waals surface area contributed by atoms with E-state index in [9.17, 15) is 18.8 Å². The lowest BCUT2D eigenvalue weighted by Gasteiger charge is -2.22. The summed E-state index contributed by atoms with van der Waals surface area (Å²) in [6.45, 7) is 3.07. The standard InChI is InChI=1S/C20H17FN4O3S2/c1-11-3-8-15(30-11)14-10-29-18(22-14)23-16(26)9-25-17(27)20(2,24-19(25)28)12-4-6-13(21)7-5-12/h3-8,10H,9H2,1-2H3,(H,24,28)(H,22,23,26). The van der Waals surface area contributed by atoms with Crippen LogP contribution in [0.5, 0.6) is 0 Å². The van der Waals surface area contributed by atoms with Crippen LogP contribution in [0.1, 0.15) is 17.4 Å². The molecule has 3 aromatic rings. The highest BCUT2D eigenvalue weighted by Gasteiger charge is 2.49. The van der Waals surface area contributed by atoms with E-state index < -0.39 is 35.7 Å². The van der Waals surface area contributed by atoms with E-state index in [1.165, 1.54) is 42.5 Å². The molecule has 1 fully saturated rings. The Morgan fingerprint density at radius 2 is 1.97 bits per heavy atom. The number of aromatic nitrogens is 1. The number of carbonyl (C=O) groups excluding carboxylic acids is 3. The first-order valence-electron chi connectivity index (χ1n) is 8.98. The molecule has 0 aliphatic carbocycles. The van der Waals surface area contributed by atoms with Crippen LogP contribution in [0.15, 0.2) is 41.8 Å². The summed E-state index contributed by atoms with van der Waals surface area (Å²) in [7, 11) is 0. The SMILES string of the molecule is Cc1ccc(-c2csc(NC(=O)CN3C(=O)NC(C)(c4ccc(F)cc4)C3=O)n2)s1. The van der Waals surface area contributed by atoms with Crippen LogP contribution in [0, 0.1) is 12.7 Å². The van der Waals surface area contributed by atoms with Crippen molar-refractivity contribution < 1.29 is 18.8 Å². The summed E-state index contributed by atoms with van der Waals surface area (Å²) in [5.74, 6) is -1.57. The van der Waals surface area contributed by atoms with E-state index in [-0.39, 0.29) is 0 Å². The minimum Gasteiger partial charge on any atom is -0.319 e. The highest BCUT2D eigenvalue weighted by atomic mass is 32.1. The van der Waals surface area contributed by atoms with Crippen LogP contribution >= 0.6 is 22.7 Å². The molecule has 10 heteroatoms. The fourth-order valence-corrected chi connectivity index (χ4v) is 4.77. The van der Waals surface area contributed by atoms with Gasteiger partial charge in [-0.05, 0) is 43.7 Å². The molecule has 0 bridgehead atoms. The second-order valence-electron chi connectivity index (χ2n) is 6.95. The fraction of sp³-hybridized carbons (Fsp3) is 0.200. The van der Waals surface area contributed by atoms with Crippen LogP contribution in [0.3, 0.4) is 0 Å². The molecule has 1 aliphatic rings. The van der Waals surface area contributed by atoms with Gasteiger partial charge >= 0.3 is 6.03 Å². The number of benzene rings is 1. The summed E-state index contributed by atoms with van der Waals surface area (Å²) in [5, 5.41) is 7.43. The number of imide groups is 1. The molecule has 1 aromatic carbocycles. The molecule has 0 saturated carbocycles. The molecule has 3 heterocycles. The largest absolute Gasteiger partial charge is 0.325 e. The Morgan fingerprint density at radius 1 is 1.23 bits per heavy atom. The third-order valence-electron chi connectivity index (χ3n) is 4.74. The van der Waals surface area contributed by atoms with Gasteiger partial charge < -0.3 is 10.6 Å². The van der Waals surface area contributed by atoms with Crippen LogP contribution < -0.4 is 10.6 Å². The first-order valence-corrected chi connectivity index (χ1v) is 10.7. The minimum atomic E-state index is -1.36. The van der Waals surface area contributed by atoms with Crippen molar-refractivity contribution in [3.05, 3.63) is 58.0 Å². The summed E-state index contributed by atoms with van der Waals surface area (Å²) in [5.41, 5.74) is -0.176. The molecule has 7 nitrogen and oxygen atoms in total. The lowest BCUT2D eigenvalue weighted by Crippen LogP contribution is -2.42. The maximum atomic E-state index is 13.2. The van der Waals surface area contributed by atoms with Crippen LogP contribution in [0.4, 0.5) is 14.3 Å². The zero-order chi connectivity index (χ0) is 21.5. The smallest absolute Gasteiger partial charge is 0.319 e. The second kappa shape index (κ2) is 7.62. The van der Waals surface area contributed by atoms with Crippen molar-refractivity contribution in [3.63, 3.8) is 0 Å². The number of rotatable bonds is 5. The van der Waals surface area contributed by atoms with Crippen LogP contribution in [0.25, 0.3) is 10.6 Å². The predicted molar refractivity (Wildman–Crippen MR) is 113 cm³/mol. The Kier molecular flexibility index (Phi) is 5.12. The number of halogens is 1. The Labute approximate surface area is 179 Å². The molecular formula is C20H17FN4O3S2. The molecule has 2 aromatic heterocycles. The molecule has 1 aliphatic heterocycles. The van der Waals surface area contributed by atoms with E-state index in [1.54, 1.807) is 11.3 Å². The first-order chi connectivity index (χ1) is 14.3. The van der Waals surface area contributed by atoms with E-state index in [1.807, 2.05) is 24.4 Å². The molecule has 1 saturated heterocycles. The number of nitrogens with zero attached hydrogens (tertiary/aromatic N) is 2. The number of hydrogen-bond donors (Lipinski definition) is 2. The Bertz CT molecular complexity index is 1140. The van der Waals surface area contributed by atoms with Crippen molar-refractivity contribution >= 4 is 45.7 Å². The highest BCUT2D eigenvalue weighted by Crippen LogP contribution is 2.31. The van der Waals surface area contributed by atoms with Crippen molar-refractivity contribution in [1.29, 1.82) is 0 Å². The average Bonchev–Trinajstić information content (AvgIpc) is 3.38. The average molecular weight is 445 g/mol. The molecule has 2 N–H and O–H groups in total. The topological polar surface area (TPSA) is 91.4 Å². The Hall–Kier alpha value is -3.11. The number of aryl methyl sites for hydroxylation is 1. The van der Waals surface area contributed by atoms with Gasteiger partial charge in [-0.3, -0.25) is 14.5 Å². The number of anilines is 1. The van der Waals surface area contributed by atoms with Gasteiger partial charge in [-0.1, -0.05) is 12.1 Å². The number of urea groups is 1. The van der Waals surface area contributed by atoms with E-state index in [0.29, 0.717) is 10.7 Å². The van der Waals surface area contributed by atoms with Gasteiger partial charge in [0.2, 0.25) is 5.91 Å².